The van der Waals surface area contributed by atoms with Gasteiger partial charge in [0.1, 0.15) is 5.54 Å². The highest BCUT2D eigenvalue weighted by atomic mass is 79.9. The van der Waals surface area contributed by atoms with Gasteiger partial charge in [-0.05, 0) is 35.8 Å². The number of benzene rings is 1. The summed E-state index contributed by atoms with van der Waals surface area (Å²) in [7, 11) is -2.15. The fraction of sp³-hybridized carbons (Fsp3) is 0.579. The van der Waals surface area contributed by atoms with E-state index in [0.29, 0.717) is 0 Å². The molecule has 0 radical (unpaired) electrons. The summed E-state index contributed by atoms with van der Waals surface area (Å²) in [6.07, 6.45) is -1.39. The van der Waals surface area contributed by atoms with Crippen molar-refractivity contribution >= 4 is 36.3 Å². The highest BCUT2D eigenvalue weighted by molar-refractivity contribution is 9.10. The van der Waals surface area contributed by atoms with Gasteiger partial charge in [0.25, 0.3) is 0 Å². The molecule has 2 N–H and O–H groups in total. The molecule has 8 heteroatoms. The first kappa shape index (κ1) is 21.9. The molecule has 1 fully saturated rings. The summed E-state index contributed by atoms with van der Waals surface area (Å²) in [5, 5.41) is 19.7. The average Bonchev–Trinajstić information content (AvgIpc) is 2.87. The fourth-order valence-electron chi connectivity index (χ4n) is 3.25. The summed E-state index contributed by atoms with van der Waals surface area (Å²) in [4.78, 5) is 25.2. The van der Waals surface area contributed by atoms with E-state index in [9.17, 15) is 19.8 Å². The summed E-state index contributed by atoms with van der Waals surface area (Å²) < 4.78 is 7.25. The van der Waals surface area contributed by atoms with E-state index in [4.69, 9.17) is 4.43 Å². The Hall–Kier alpha value is -1.38. The predicted octanol–water partition coefficient (Wildman–Crippen LogP) is 4.59. The molecule has 150 valence electrons. The van der Waals surface area contributed by atoms with E-state index >= 15 is 0 Å². The molecular formula is C19H28BrNO5Si. The minimum absolute atomic E-state index is 0.0404. The van der Waals surface area contributed by atoms with Crippen molar-refractivity contribution in [3.8, 4) is 0 Å². The van der Waals surface area contributed by atoms with Crippen molar-refractivity contribution in [2.24, 2.45) is 0 Å². The second-order valence-corrected chi connectivity index (χ2v) is 14.4. The van der Waals surface area contributed by atoms with E-state index in [1.807, 2.05) is 24.3 Å². The van der Waals surface area contributed by atoms with E-state index in [2.05, 4.69) is 49.8 Å². The smallest absolute Gasteiger partial charge is 0.408 e. The van der Waals surface area contributed by atoms with E-state index in [0.717, 1.165) is 14.9 Å². The highest BCUT2D eigenvalue weighted by Gasteiger charge is 2.55. The van der Waals surface area contributed by atoms with Crippen LogP contribution in [0.25, 0.3) is 0 Å². The van der Waals surface area contributed by atoms with Crippen molar-refractivity contribution in [1.29, 1.82) is 0 Å². The van der Waals surface area contributed by atoms with Crippen LogP contribution in [0.1, 0.15) is 32.8 Å². The minimum Gasteiger partial charge on any atom is -0.479 e. The summed E-state index contributed by atoms with van der Waals surface area (Å²) in [6, 6.07) is 7.29. The molecule has 1 saturated heterocycles. The Morgan fingerprint density at radius 1 is 1.26 bits per heavy atom. The zero-order valence-corrected chi connectivity index (χ0v) is 19.0. The topological polar surface area (TPSA) is 87.1 Å². The van der Waals surface area contributed by atoms with Crippen molar-refractivity contribution in [2.45, 2.75) is 63.4 Å². The van der Waals surface area contributed by atoms with E-state index in [1.54, 1.807) is 0 Å². The lowest BCUT2D eigenvalue weighted by Crippen LogP contribution is -2.54. The van der Waals surface area contributed by atoms with Crippen LogP contribution in [0, 0.1) is 0 Å². The van der Waals surface area contributed by atoms with Gasteiger partial charge in [0.2, 0.25) is 0 Å². The molecular weight excluding hydrogens is 430 g/mol. The van der Waals surface area contributed by atoms with Crippen molar-refractivity contribution in [3.05, 3.63) is 34.3 Å². The van der Waals surface area contributed by atoms with Gasteiger partial charge in [-0.1, -0.05) is 48.8 Å². The molecule has 2 rings (SSSR count). The van der Waals surface area contributed by atoms with Crippen LogP contribution in [-0.2, 0) is 15.6 Å². The Kier molecular flexibility index (Phi) is 6.14. The van der Waals surface area contributed by atoms with Crippen molar-refractivity contribution in [2.75, 3.05) is 6.54 Å². The molecule has 0 aromatic heterocycles. The molecule has 6 nitrogen and oxygen atoms in total. The zero-order valence-electron chi connectivity index (χ0n) is 16.5. The van der Waals surface area contributed by atoms with E-state index in [-0.39, 0.29) is 24.4 Å². The number of nitrogens with zero attached hydrogens (tertiary/aromatic N) is 1. The van der Waals surface area contributed by atoms with Crippen molar-refractivity contribution in [1.82, 2.24) is 4.90 Å². The lowest BCUT2D eigenvalue weighted by atomic mass is 9.88. The van der Waals surface area contributed by atoms with Crippen LogP contribution in [0.15, 0.2) is 28.7 Å². The van der Waals surface area contributed by atoms with Crippen molar-refractivity contribution in [3.63, 3.8) is 0 Å². The van der Waals surface area contributed by atoms with Gasteiger partial charge >= 0.3 is 12.1 Å². The van der Waals surface area contributed by atoms with Gasteiger partial charge in [0.15, 0.2) is 8.32 Å². The van der Waals surface area contributed by atoms with Gasteiger partial charge in [-0.2, -0.15) is 0 Å². The van der Waals surface area contributed by atoms with Gasteiger partial charge in [-0.15, -0.1) is 0 Å². The maximum atomic E-state index is 12.3. The molecule has 1 amide bonds. The van der Waals surface area contributed by atoms with Gasteiger partial charge in [0, 0.05) is 17.3 Å². The first-order valence-corrected chi connectivity index (χ1v) is 12.6. The molecule has 0 bridgehead atoms. The minimum atomic E-state index is -2.15. The quantitative estimate of drug-likeness (QED) is 0.631. The molecule has 0 unspecified atom stereocenters. The molecule has 2 atom stereocenters. The third-order valence-corrected chi connectivity index (χ3v) is 10.8. The molecule has 0 saturated carbocycles. The normalized spacial score (nSPS) is 23.5. The van der Waals surface area contributed by atoms with E-state index in [1.165, 1.54) is 0 Å². The molecule has 1 aromatic rings. The molecule has 1 aliphatic rings. The van der Waals surface area contributed by atoms with Crippen LogP contribution < -0.4 is 0 Å². The number of rotatable bonds is 5. The monoisotopic (exact) mass is 457 g/mol. The Morgan fingerprint density at radius 2 is 1.81 bits per heavy atom. The molecule has 1 aromatic carbocycles. The summed E-state index contributed by atoms with van der Waals surface area (Å²) >= 11 is 3.36. The number of hydrogen-bond donors (Lipinski definition) is 2. The lowest BCUT2D eigenvalue weighted by molar-refractivity contribution is -0.148. The van der Waals surface area contributed by atoms with Crippen LogP contribution in [0.4, 0.5) is 4.79 Å². The number of carboxylic acids is 1. The lowest BCUT2D eigenvalue weighted by Gasteiger charge is -2.38. The Bertz CT molecular complexity index is 716. The van der Waals surface area contributed by atoms with Gasteiger partial charge in [-0.3, -0.25) is 4.90 Å². The first-order valence-electron chi connectivity index (χ1n) is 8.95. The molecule has 0 spiro atoms. The third-order valence-electron chi connectivity index (χ3n) is 5.77. The zero-order chi connectivity index (χ0) is 20.6. The summed E-state index contributed by atoms with van der Waals surface area (Å²) in [6.45, 7) is 10.6. The highest BCUT2D eigenvalue weighted by Crippen LogP contribution is 2.41. The molecule has 1 aliphatic heterocycles. The van der Waals surface area contributed by atoms with Gasteiger partial charge < -0.3 is 14.6 Å². The van der Waals surface area contributed by atoms with Crippen LogP contribution in [0.2, 0.25) is 18.1 Å². The SMILES string of the molecule is CC(C)(C)[Si](C)(C)O[C@H]1CN(C(=O)O)[C@](Cc2ccc(Br)cc2)(C(=O)O)C1. The maximum Gasteiger partial charge on any atom is 0.408 e. The Labute approximate surface area is 169 Å². The van der Waals surface area contributed by atoms with Gasteiger partial charge in [0.05, 0.1) is 12.6 Å². The average molecular weight is 458 g/mol. The molecule has 27 heavy (non-hydrogen) atoms. The standard InChI is InChI=1S/C19H28BrNO5Si/c1-18(2,3)27(4,5)26-15-11-19(16(22)23,21(12-15)17(24)25)10-13-6-8-14(20)9-7-13/h6-9,15H,10-12H2,1-5H3,(H,22,23)(H,24,25)/t15-,19+/m1/s1. The van der Waals surface area contributed by atoms with Crippen molar-refractivity contribution < 1.29 is 24.2 Å². The number of carbonyl (C=O) groups is 2. The number of aliphatic carboxylic acids is 1. The predicted molar refractivity (Wildman–Crippen MR) is 110 cm³/mol. The third kappa shape index (κ3) is 4.55. The van der Waals surface area contributed by atoms with Crippen LogP contribution >= 0.6 is 15.9 Å². The number of hydrogen-bond acceptors (Lipinski definition) is 3. The molecule has 1 heterocycles. The second-order valence-electron chi connectivity index (χ2n) is 8.74. The Balaban J connectivity index is 2.35. The number of carboxylic acid groups (broad SMARTS) is 2. The summed E-state index contributed by atoms with van der Waals surface area (Å²) in [5.74, 6) is -1.13. The number of likely N-dealkylation sites (tertiary alicyclic amines) is 1. The second kappa shape index (κ2) is 7.56. The first-order chi connectivity index (χ1) is 12.3. The number of halogens is 1. The maximum absolute atomic E-state index is 12.3. The number of amides is 1. The van der Waals surface area contributed by atoms with Crippen LogP contribution in [-0.4, -0.2) is 53.7 Å². The van der Waals surface area contributed by atoms with Crippen LogP contribution in [0.5, 0.6) is 0 Å². The van der Waals surface area contributed by atoms with Crippen LogP contribution in [0.3, 0.4) is 0 Å². The Morgan fingerprint density at radius 3 is 2.26 bits per heavy atom. The van der Waals surface area contributed by atoms with Gasteiger partial charge in [-0.25, -0.2) is 9.59 Å². The van der Waals surface area contributed by atoms with E-state index < -0.39 is 32.0 Å². The summed E-state index contributed by atoms with van der Waals surface area (Å²) in [5.41, 5.74) is -0.744. The molecule has 0 aliphatic carbocycles. The fourth-order valence-corrected chi connectivity index (χ4v) is 4.86. The largest absolute Gasteiger partial charge is 0.479 e.